The Morgan fingerprint density at radius 2 is 1.74 bits per heavy atom. The second-order valence-corrected chi connectivity index (χ2v) is 10.8. The van der Waals surface area contributed by atoms with Crippen LogP contribution in [0.2, 0.25) is 0 Å². The number of aliphatic imine (C=N–C) groups is 1. The second kappa shape index (κ2) is 12.3. The summed E-state index contributed by atoms with van der Waals surface area (Å²) in [6.07, 6.45) is 1.63. The van der Waals surface area contributed by atoms with Gasteiger partial charge in [-0.25, -0.2) is 9.38 Å². The summed E-state index contributed by atoms with van der Waals surface area (Å²) in [5.41, 5.74) is 4.75. The minimum absolute atomic E-state index is 0.0609. The maximum absolute atomic E-state index is 15.1. The van der Waals surface area contributed by atoms with Gasteiger partial charge in [0.25, 0.3) is 5.91 Å². The van der Waals surface area contributed by atoms with E-state index in [4.69, 9.17) is 5.11 Å². The molecule has 0 unspecified atom stereocenters. The molecule has 0 radical (unpaired) electrons. The minimum Gasteiger partial charge on any atom is -0.481 e. The van der Waals surface area contributed by atoms with Crippen LogP contribution < -0.4 is 4.90 Å². The summed E-state index contributed by atoms with van der Waals surface area (Å²) in [4.78, 5) is 32.4. The Labute approximate surface area is 232 Å². The van der Waals surface area contributed by atoms with E-state index in [1.807, 2.05) is 24.9 Å². The van der Waals surface area contributed by atoms with Crippen molar-refractivity contribution in [3.63, 3.8) is 0 Å². The van der Waals surface area contributed by atoms with Crippen LogP contribution in [0.15, 0.2) is 76.6 Å². The van der Waals surface area contributed by atoms with Crippen molar-refractivity contribution in [2.45, 2.75) is 39.7 Å². The molecular weight excluding hydrogens is 513 g/mol. The van der Waals surface area contributed by atoms with E-state index in [0.717, 1.165) is 5.56 Å². The van der Waals surface area contributed by atoms with E-state index in [1.165, 1.54) is 23.4 Å². The molecule has 1 aliphatic rings. The number of carbonyl (C=O) groups excluding carboxylic acids is 1. The highest BCUT2D eigenvalue weighted by Gasteiger charge is 2.32. The lowest BCUT2D eigenvalue weighted by Gasteiger charge is -2.20. The zero-order chi connectivity index (χ0) is 28.1. The molecule has 3 aromatic carbocycles. The van der Waals surface area contributed by atoms with Crippen LogP contribution in [-0.2, 0) is 22.6 Å². The molecule has 0 spiro atoms. The largest absolute Gasteiger partial charge is 0.481 e. The number of carbonyl (C=O) groups is 2. The Morgan fingerprint density at radius 1 is 1.08 bits per heavy atom. The van der Waals surface area contributed by atoms with Crippen molar-refractivity contribution in [2.75, 3.05) is 18.5 Å². The van der Waals surface area contributed by atoms with Gasteiger partial charge in [0.1, 0.15) is 5.82 Å². The number of rotatable bonds is 9. The highest BCUT2D eigenvalue weighted by atomic mass is 32.2. The summed E-state index contributed by atoms with van der Waals surface area (Å²) < 4.78 is 15.1. The number of hydrogen-bond acceptors (Lipinski definition) is 5. The zero-order valence-corrected chi connectivity index (χ0v) is 23.3. The van der Waals surface area contributed by atoms with Crippen molar-refractivity contribution in [1.82, 2.24) is 4.90 Å². The third kappa shape index (κ3) is 6.95. The van der Waals surface area contributed by atoms with E-state index in [1.54, 1.807) is 41.3 Å². The van der Waals surface area contributed by atoms with Crippen LogP contribution in [0.3, 0.4) is 0 Å². The molecule has 1 aliphatic heterocycles. The van der Waals surface area contributed by atoms with Gasteiger partial charge in [0.15, 0.2) is 5.17 Å². The summed E-state index contributed by atoms with van der Waals surface area (Å²) in [6.45, 7) is 7.19. The van der Waals surface area contributed by atoms with Crippen molar-refractivity contribution >= 4 is 46.3 Å². The summed E-state index contributed by atoms with van der Waals surface area (Å²) in [6, 6.07) is 20.3. The average molecular weight is 546 g/mol. The first-order valence-electron chi connectivity index (χ1n) is 12.8. The molecule has 6 nitrogen and oxygen atoms in total. The Balaban J connectivity index is 1.49. The Bertz CT molecular complexity index is 1420. The molecule has 1 amide bonds. The van der Waals surface area contributed by atoms with E-state index in [2.05, 4.69) is 43.1 Å². The van der Waals surface area contributed by atoms with E-state index >= 15 is 4.39 Å². The molecule has 39 heavy (non-hydrogen) atoms. The Hall–Kier alpha value is -3.91. The molecule has 0 aliphatic carbocycles. The van der Waals surface area contributed by atoms with Crippen LogP contribution in [-0.4, -0.2) is 40.6 Å². The van der Waals surface area contributed by atoms with Gasteiger partial charge in [-0.1, -0.05) is 56.3 Å². The number of benzene rings is 3. The first-order chi connectivity index (χ1) is 18.6. The summed E-state index contributed by atoms with van der Waals surface area (Å²) in [5.74, 6) is -0.978. The fraction of sp³-hybridized carbons (Fsp3) is 0.258. The number of hydrogen-bond donors (Lipinski definition) is 1. The SMILES string of the molecule is CCN1C(=O)/C(=C\c2ccc(N(C)Cc3ccc(C(C)C)cc3)c(F)c2)SC1=Nc1ccc(CC(=O)O)cc1. The molecule has 1 saturated heterocycles. The second-order valence-electron chi connectivity index (χ2n) is 9.75. The summed E-state index contributed by atoms with van der Waals surface area (Å²) >= 11 is 1.24. The quantitative estimate of drug-likeness (QED) is 0.298. The number of halogens is 1. The summed E-state index contributed by atoms with van der Waals surface area (Å²) in [5, 5.41) is 9.48. The molecule has 1 heterocycles. The number of anilines is 1. The van der Waals surface area contributed by atoms with Crippen LogP contribution in [0.5, 0.6) is 0 Å². The molecule has 4 rings (SSSR count). The smallest absolute Gasteiger partial charge is 0.307 e. The van der Waals surface area contributed by atoms with Crippen LogP contribution in [0.1, 0.15) is 48.9 Å². The van der Waals surface area contributed by atoms with E-state index in [0.29, 0.717) is 51.6 Å². The monoisotopic (exact) mass is 545 g/mol. The van der Waals surface area contributed by atoms with Gasteiger partial charge in [-0.05, 0) is 77.2 Å². The third-order valence-electron chi connectivity index (χ3n) is 6.47. The van der Waals surface area contributed by atoms with Crippen molar-refractivity contribution in [1.29, 1.82) is 0 Å². The molecule has 202 valence electrons. The molecule has 1 N–H and O–H groups in total. The van der Waals surface area contributed by atoms with Gasteiger partial charge in [-0.2, -0.15) is 0 Å². The number of likely N-dealkylation sites (N-methyl/N-ethyl adjacent to an activating group) is 1. The minimum atomic E-state index is -0.898. The average Bonchev–Trinajstić information content (AvgIpc) is 3.18. The van der Waals surface area contributed by atoms with Crippen LogP contribution in [0, 0.1) is 5.82 Å². The van der Waals surface area contributed by atoms with Crippen molar-refractivity contribution in [2.24, 2.45) is 4.99 Å². The molecule has 1 fully saturated rings. The lowest BCUT2D eigenvalue weighted by atomic mass is 10.0. The normalized spacial score (nSPS) is 15.5. The number of carboxylic acid groups (broad SMARTS) is 1. The molecule has 0 bridgehead atoms. The van der Waals surface area contributed by atoms with Gasteiger partial charge in [0.05, 0.1) is 22.7 Å². The molecule has 3 aromatic rings. The van der Waals surface area contributed by atoms with Gasteiger partial charge >= 0.3 is 5.97 Å². The number of thioether (sulfide) groups is 1. The number of amidine groups is 1. The highest BCUT2D eigenvalue weighted by Crippen LogP contribution is 2.34. The van der Waals surface area contributed by atoms with Crippen LogP contribution >= 0.6 is 11.8 Å². The third-order valence-corrected chi connectivity index (χ3v) is 7.47. The molecular formula is C31H32FN3O3S. The maximum Gasteiger partial charge on any atom is 0.307 e. The van der Waals surface area contributed by atoms with Crippen molar-refractivity contribution in [3.8, 4) is 0 Å². The van der Waals surface area contributed by atoms with Gasteiger partial charge in [-0.3, -0.25) is 14.5 Å². The fourth-order valence-corrected chi connectivity index (χ4v) is 5.35. The fourth-order valence-electron chi connectivity index (χ4n) is 4.28. The van der Waals surface area contributed by atoms with Gasteiger partial charge in [-0.15, -0.1) is 0 Å². The van der Waals surface area contributed by atoms with Gasteiger partial charge in [0, 0.05) is 20.1 Å². The number of amides is 1. The van der Waals surface area contributed by atoms with Crippen LogP contribution in [0.25, 0.3) is 6.08 Å². The first kappa shape index (κ1) is 28.1. The van der Waals surface area contributed by atoms with E-state index in [-0.39, 0.29) is 18.1 Å². The molecule has 0 saturated carbocycles. The van der Waals surface area contributed by atoms with E-state index < -0.39 is 5.97 Å². The van der Waals surface area contributed by atoms with E-state index in [9.17, 15) is 9.59 Å². The standard InChI is InChI=1S/C31H32FN3O3S/c1-5-35-30(38)28(39-31(35)33-25-13-8-21(9-14-25)18-29(36)37)17-23-10-15-27(26(32)16-23)34(4)19-22-6-11-24(12-7-22)20(2)3/h6-17,20H,5,18-19H2,1-4H3,(H,36,37)/b28-17+,33-31?. The number of aliphatic carboxylic acids is 1. The predicted molar refractivity (Wildman–Crippen MR) is 157 cm³/mol. The van der Waals surface area contributed by atoms with Crippen molar-refractivity contribution in [3.05, 3.63) is 99.7 Å². The number of nitrogens with zero attached hydrogens (tertiary/aromatic N) is 3. The van der Waals surface area contributed by atoms with Crippen LogP contribution in [0.4, 0.5) is 15.8 Å². The first-order valence-corrected chi connectivity index (χ1v) is 13.7. The molecule has 0 aromatic heterocycles. The lowest BCUT2D eigenvalue weighted by Crippen LogP contribution is -2.28. The Morgan fingerprint density at radius 3 is 2.33 bits per heavy atom. The molecule has 0 atom stereocenters. The highest BCUT2D eigenvalue weighted by molar-refractivity contribution is 8.18. The number of carboxylic acids is 1. The lowest BCUT2D eigenvalue weighted by molar-refractivity contribution is -0.136. The predicted octanol–water partition coefficient (Wildman–Crippen LogP) is 6.84. The van der Waals surface area contributed by atoms with Crippen molar-refractivity contribution < 1.29 is 19.1 Å². The summed E-state index contributed by atoms with van der Waals surface area (Å²) in [7, 11) is 1.86. The zero-order valence-electron chi connectivity index (χ0n) is 22.5. The molecule has 8 heteroatoms. The van der Waals surface area contributed by atoms with Gasteiger partial charge < -0.3 is 10.0 Å². The maximum atomic E-state index is 15.1. The Kier molecular flexibility index (Phi) is 8.86. The topological polar surface area (TPSA) is 73.2 Å². The van der Waals surface area contributed by atoms with Gasteiger partial charge in [0.2, 0.25) is 0 Å².